The highest BCUT2D eigenvalue weighted by Crippen LogP contribution is 2.33. The molecule has 4 aromatic rings. The summed E-state index contributed by atoms with van der Waals surface area (Å²) in [5.74, 6) is -0.468. The van der Waals surface area contributed by atoms with Gasteiger partial charge in [0.1, 0.15) is 0 Å². The molecule has 186 valence electrons. The number of anilines is 1. The highest BCUT2D eigenvalue weighted by molar-refractivity contribution is 6.14. The highest BCUT2D eigenvalue weighted by Gasteiger charge is 2.19. The molecule has 2 aromatic carbocycles. The minimum absolute atomic E-state index is 0.453. The number of nitrogens with zero attached hydrogens (tertiary/aromatic N) is 3. The SMILES string of the molecule is Cc1cc(-c2cc(C(N)=O)c3[nH]c4cc(N5CCOCC5)ccc4c3n2)ccc1CN1CCOCC1. The van der Waals surface area contributed by atoms with E-state index in [0.717, 1.165) is 92.5 Å². The van der Waals surface area contributed by atoms with Crippen LogP contribution >= 0.6 is 0 Å². The molecule has 1 amide bonds. The molecule has 0 spiro atoms. The number of carbonyl (C=O) groups is 1. The quantitative estimate of drug-likeness (QED) is 0.449. The summed E-state index contributed by atoms with van der Waals surface area (Å²) < 4.78 is 11.0. The average molecular weight is 486 g/mol. The first kappa shape index (κ1) is 23.0. The van der Waals surface area contributed by atoms with Gasteiger partial charge in [-0.25, -0.2) is 4.98 Å². The maximum atomic E-state index is 12.5. The van der Waals surface area contributed by atoms with E-state index in [1.165, 1.54) is 11.1 Å². The molecule has 3 N–H and O–H groups in total. The van der Waals surface area contributed by atoms with Gasteiger partial charge in [-0.3, -0.25) is 9.69 Å². The predicted molar refractivity (Wildman–Crippen MR) is 141 cm³/mol. The molecule has 0 saturated carbocycles. The van der Waals surface area contributed by atoms with Gasteiger partial charge in [0.05, 0.1) is 54.2 Å². The number of aryl methyl sites for hydroxylation is 1. The van der Waals surface area contributed by atoms with Crippen LogP contribution in [0.3, 0.4) is 0 Å². The fraction of sp³-hybridized carbons (Fsp3) is 0.357. The first-order valence-electron chi connectivity index (χ1n) is 12.6. The number of pyridine rings is 1. The van der Waals surface area contributed by atoms with Crippen molar-refractivity contribution >= 4 is 33.5 Å². The van der Waals surface area contributed by atoms with Crippen molar-refractivity contribution in [3.8, 4) is 11.3 Å². The highest BCUT2D eigenvalue weighted by atomic mass is 16.5. The molecule has 0 radical (unpaired) electrons. The lowest BCUT2D eigenvalue weighted by Gasteiger charge is -2.28. The summed E-state index contributed by atoms with van der Waals surface area (Å²) >= 11 is 0. The molecule has 8 nitrogen and oxygen atoms in total. The summed E-state index contributed by atoms with van der Waals surface area (Å²) in [6, 6.07) is 14.5. The molecular weight excluding hydrogens is 454 g/mol. The number of rotatable bonds is 5. The van der Waals surface area contributed by atoms with Crippen LogP contribution in [0.5, 0.6) is 0 Å². The van der Waals surface area contributed by atoms with E-state index in [-0.39, 0.29) is 0 Å². The third-order valence-electron chi connectivity index (χ3n) is 7.32. The summed E-state index contributed by atoms with van der Waals surface area (Å²) in [5.41, 5.74) is 14.0. The molecule has 0 bridgehead atoms. The van der Waals surface area contributed by atoms with Gasteiger partial charge in [0.2, 0.25) is 0 Å². The van der Waals surface area contributed by atoms with E-state index in [9.17, 15) is 4.79 Å². The van der Waals surface area contributed by atoms with Gasteiger partial charge in [0.15, 0.2) is 0 Å². The monoisotopic (exact) mass is 485 g/mol. The first-order chi connectivity index (χ1) is 17.6. The molecule has 6 rings (SSSR count). The molecule has 0 atom stereocenters. The smallest absolute Gasteiger partial charge is 0.250 e. The predicted octanol–water partition coefficient (Wildman–Crippen LogP) is 3.46. The molecule has 0 aliphatic carbocycles. The molecule has 0 unspecified atom stereocenters. The Balaban J connectivity index is 1.39. The number of carbonyl (C=O) groups excluding carboxylic acids is 1. The number of hydrogen-bond acceptors (Lipinski definition) is 6. The van der Waals surface area contributed by atoms with Crippen LogP contribution in [0.4, 0.5) is 5.69 Å². The van der Waals surface area contributed by atoms with Crippen LogP contribution in [-0.4, -0.2) is 73.4 Å². The second-order valence-corrected chi connectivity index (χ2v) is 9.63. The normalized spacial score (nSPS) is 17.2. The number of ether oxygens (including phenoxy) is 2. The van der Waals surface area contributed by atoms with Crippen LogP contribution in [0.25, 0.3) is 33.2 Å². The molecule has 2 aliphatic heterocycles. The van der Waals surface area contributed by atoms with E-state index >= 15 is 0 Å². The summed E-state index contributed by atoms with van der Waals surface area (Å²) in [6.45, 7) is 9.70. The van der Waals surface area contributed by atoms with E-state index in [1.807, 2.05) is 0 Å². The van der Waals surface area contributed by atoms with Gasteiger partial charge >= 0.3 is 0 Å². The fourth-order valence-corrected chi connectivity index (χ4v) is 5.24. The van der Waals surface area contributed by atoms with Crippen LogP contribution in [-0.2, 0) is 16.0 Å². The Morgan fingerprint density at radius 1 is 1.00 bits per heavy atom. The Morgan fingerprint density at radius 2 is 1.75 bits per heavy atom. The standard InChI is InChI=1S/C28H31N5O3/c1-18-14-19(2-3-20(18)17-32-6-10-35-11-7-32)24-16-23(28(29)34)27-26(30-24)22-5-4-21(15-25(22)31-27)33-8-12-36-13-9-33/h2-5,14-16,31H,6-13,17H2,1H3,(H2,29,34). The Kier molecular flexibility index (Phi) is 6.08. The van der Waals surface area contributed by atoms with Gasteiger partial charge in [-0.2, -0.15) is 0 Å². The number of fused-ring (bicyclic) bond motifs is 3. The van der Waals surface area contributed by atoms with Gasteiger partial charge < -0.3 is 25.1 Å². The Bertz CT molecular complexity index is 1430. The number of amides is 1. The average Bonchev–Trinajstić information content (AvgIpc) is 3.28. The molecule has 2 saturated heterocycles. The topological polar surface area (TPSA) is 96.7 Å². The van der Waals surface area contributed by atoms with Crippen LogP contribution < -0.4 is 10.6 Å². The van der Waals surface area contributed by atoms with Crippen molar-refractivity contribution in [3.63, 3.8) is 0 Å². The lowest BCUT2D eigenvalue weighted by molar-refractivity contribution is 0.0341. The summed E-state index contributed by atoms with van der Waals surface area (Å²) in [6.07, 6.45) is 0. The van der Waals surface area contributed by atoms with Gasteiger partial charge in [-0.15, -0.1) is 0 Å². The number of nitrogens with two attached hydrogens (primary N) is 1. The van der Waals surface area contributed by atoms with Crippen molar-refractivity contribution in [1.29, 1.82) is 0 Å². The Morgan fingerprint density at radius 3 is 2.47 bits per heavy atom. The van der Waals surface area contributed by atoms with Crippen LogP contribution in [0.1, 0.15) is 21.5 Å². The van der Waals surface area contributed by atoms with E-state index < -0.39 is 5.91 Å². The molecule has 2 aromatic heterocycles. The zero-order valence-electron chi connectivity index (χ0n) is 20.5. The van der Waals surface area contributed by atoms with E-state index in [0.29, 0.717) is 11.1 Å². The second kappa shape index (κ2) is 9.54. The molecule has 4 heterocycles. The number of primary amides is 1. The molecule has 8 heteroatoms. The second-order valence-electron chi connectivity index (χ2n) is 9.63. The van der Waals surface area contributed by atoms with E-state index in [2.05, 4.69) is 58.1 Å². The maximum Gasteiger partial charge on any atom is 0.250 e. The number of benzene rings is 2. The van der Waals surface area contributed by atoms with Crippen molar-refractivity contribution in [2.24, 2.45) is 5.73 Å². The Hall–Kier alpha value is -3.46. The van der Waals surface area contributed by atoms with E-state index in [4.69, 9.17) is 20.2 Å². The Labute approximate surface area is 210 Å². The number of hydrogen-bond donors (Lipinski definition) is 2. The molecule has 2 fully saturated rings. The molecule has 2 aliphatic rings. The van der Waals surface area contributed by atoms with Crippen molar-refractivity contribution in [1.82, 2.24) is 14.9 Å². The number of morpholine rings is 2. The lowest BCUT2D eigenvalue weighted by atomic mass is 10.0. The first-order valence-corrected chi connectivity index (χ1v) is 12.6. The van der Waals surface area contributed by atoms with E-state index in [1.54, 1.807) is 6.07 Å². The van der Waals surface area contributed by atoms with Gasteiger partial charge in [-0.1, -0.05) is 12.1 Å². The lowest BCUT2D eigenvalue weighted by Crippen LogP contribution is -2.36. The van der Waals surface area contributed by atoms with Crippen LogP contribution in [0.2, 0.25) is 0 Å². The third-order valence-corrected chi connectivity index (χ3v) is 7.32. The fourth-order valence-electron chi connectivity index (χ4n) is 5.24. The van der Waals surface area contributed by atoms with Crippen molar-refractivity contribution in [3.05, 3.63) is 59.2 Å². The van der Waals surface area contributed by atoms with Crippen LogP contribution in [0.15, 0.2) is 42.5 Å². The number of H-pyrrole nitrogens is 1. The minimum atomic E-state index is -0.468. The van der Waals surface area contributed by atoms with Crippen molar-refractivity contribution in [2.75, 3.05) is 57.5 Å². The maximum absolute atomic E-state index is 12.5. The molecule has 36 heavy (non-hydrogen) atoms. The number of nitrogens with one attached hydrogen (secondary N) is 1. The van der Waals surface area contributed by atoms with Gasteiger partial charge in [0, 0.05) is 49.4 Å². The van der Waals surface area contributed by atoms with Crippen LogP contribution in [0, 0.1) is 6.92 Å². The zero-order chi connectivity index (χ0) is 24.6. The van der Waals surface area contributed by atoms with Gasteiger partial charge in [0.25, 0.3) is 5.91 Å². The summed E-state index contributed by atoms with van der Waals surface area (Å²) in [5, 5.41) is 0.979. The van der Waals surface area contributed by atoms with Crippen molar-refractivity contribution < 1.29 is 14.3 Å². The minimum Gasteiger partial charge on any atom is -0.379 e. The summed E-state index contributed by atoms with van der Waals surface area (Å²) in [7, 11) is 0. The number of aromatic nitrogens is 2. The zero-order valence-corrected chi connectivity index (χ0v) is 20.5. The third kappa shape index (κ3) is 4.32. The molecular formula is C28H31N5O3. The summed E-state index contributed by atoms with van der Waals surface area (Å²) in [4.78, 5) is 25.6. The number of aromatic amines is 1. The van der Waals surface area contributed by atoms with Crippen molar-refractivity contribution in [2.45, 2.75) is 13.5 Å². The largest absolute Gasteiger partial charge is 0.379 e. The van der Waals surface area contributed by atoms with Gasteiger partial charge in [-0.05, 0) is 48.4 Å².